The van der Waals surface area contributed by atoms with Crippen LogP contribution in [0.1, 0.15) is 51.5 Å². The second-order valence-corrected chi connectivity index (χ2v) is 10.1. The molecule has 0 spiro atoms. The van der Waals surface area contributed by atoms with Gasteiger partial charge in [0.2, 0.25) is 10.0 Å². The fourth-order valence-corrected chi connectivity index (χ4v) is 5.13. The standard InChI is InChI=1S/C24H32N2O5S/c1-4-30-23-13-12-21(32(28,29)26-14-6-5-7-15-26)16-22(23)25-24(27)17-31-20-10-8-19(9-11-20)18(2)3/h8-13,16,18H,4-7,14-15,17H2,1-3H3,(H,25,27). The number of hydrogen-bond acceptors (Lipinski definition) is 5. The lowest BCUT2D eigenvalue weighted by atomic mass is 10.0. The number of benzene rings is 2. The van der Waals surface area contributed by atoms with Gasteiger partial charge in [-0.2, -0.15) is 4.31 Å². The molecule has 8 heteroatoms. The van der Waals surface area contributed by atoms with Gasteiger partial charge >= 0.3 is 0 Å². The van der Waals surface area contributed by atoms with Crippen molar-refractivity contribution >= 4 is 21.6 Å². The van der Waals surface area contributed by atoms with Gasteiger partial charge in [-0.3, -0.25) is 4.79 Å². The van der Waals surface area contributed by atoms with E-state index in [1.54, 1.807) is 6.07 Å². The number of amides is 1. The van der Waals surface area contributed by atoms with Gasteiger partial charge in [0.25, 0.3) is 5.91 Å². The van der Waals surface area contributed by atoms with Crippen molar-refractivity contribution in [3.05, 3.63) is 48.0 Å². The molecular weight excluding hydrogens is 428 g/mol. The monoisotopic (exact) mass is 460 g/mol. The molecule has 0 bridgehead atoms. The Morgan fingerprint density at radius 3 is 2.34 bits per heavy atom. The largest absolute Gasteiger partial charge is 0.492 e. The van der Waals surface area contributed by atoms with Crippen molar-refractivity contribution < 1.29 is 22.7 Å². The third-order valence-corrected chi connectivity index (χ3v) is 7.29. The Morgan fingerprint density at radius 2 is 1.72 bits per heavy atom. The molecule has 0 aromatic heterocycles. The highest BCUT2D eigenvalue weighted by atomic mass is 32.2. The van der Waals surface area contributed by atoms with Gasteiger partial charge in [-0.05, 0) is 61.6 Å². The van der Waals surface area contributed by atoms with Crippen molar-refractivity contribution in [3.63, 3.8) is 0 Å². The predicted octanol–water partition coefficient (Wildman–Crippen LogP) is 4.40. The van der Waals surface area contributed by atoms with Crippen LogP contribution in [0, 0.1) is 0 Å². The van der Waals surface area contributed by atoms with Crippen LogP contribution in [0.4, 0.5) is 5.69 Å². The summed E-state index contributed by atoms with van der Waals surface area (Å²) in [5.74, 6) is 1.03. The highest BCUT2D eigenvalue weighted by Gasteiger charge is 2.27. The molecule has 1 amide bonds. The van der Waals surface area contributed by atoms with Crippen LogP contribution < -0.4 is 14.8 Å². The van der Waals surface area contributed by atoms with Crippen LogP contribution in [0.5, 0.6) is 11.5 Å². The summed E-state index contributed by atoms with van der Waals surface area (Å²) < 4.78 is 38.7. The van der Waals surface area contributed by atoms with Crippen molar-refractivity contribution in [1.29, 1.82) is 0 Å². The first-order valence-electron chi connectivity index (χ1n) is 11.1. The summed E-state index contributed by atoms with van der Waals surface area (Å²) >= 11 is 0. The number of piperidine rings is 1. The van der Waals surface area contributed by atoms with E-state index in [4.69, 9.17) is 9.47 Å². The molecule has 2 aromatic rings. The lowest BCUT2D eigenvalue weighted by Gasteiger charge is -2.26. The molecule has 0 aliphatic carbocycles. The summed E-state index contributed by atoms with van der Waals surface area (Å²) in [6.45, 7) is 7.27. The number of nitrogens with one attached hydrogen (secondary N) is 1. The SMILES string of the molecule is CCOc1ccc(S(=O)(=O)N2CCCCC2)cc1NC(=O)COc1ccc(C(C)C)cc1. The zero-order chi connectivity index (χ0) is 23.1. The van der Waals surface area contributed by atoms with E-state index in [0.717, 1.165) is 19.3 Å². The zero-order valence-electron chi connectivity index (χ0n) is 19.0. The molecule has 2 aromatic carbocycles. The molecule has 32 heavy (non-hydrogen) atoms. The van der Waals surface area contributed by atoms with Crippen molar-refractivity contribution in [2.75, 3.05) is 31.6 Å². The molecule has 0 radical (unpaired) electrons. The summed E-state index contributed by atoms with van der Waals surface area (Å²) in [6.07, 6.45) is 2.75. The van der Waals surface area contributed by atoms with E-state index in [2.05, 4.69) is 19.2 Å². The number of carbonyl (C=O) groups excluding carboxylic acids is 1. The number of sulfonamides is 1. The number of nitrogens with zero attached hydrogens (tertiary/aromatic N) is 1. The van der Waals surface area contributed by atoms with Crippen LogP contribution in [0.2, 0.25) is 0 Å². The zero-order valence-corrected chi connectivity index (χ0v) is 19.8. The normalized spacial score (nSPS) is 14.9. The van der Waals surface area contributed by atoms with Gasteiger partial charge in [0.1, 0.15) is 11.5 Å². The van der Waals surface area contributed by atoms with Crippen LogP contribution in [0.25, 0.3) is 0 Å². The molecule has 1 heterocycles. The Kier molecular flexibility index (Phi) is 8.15. The number of carbonyl (C=O) groups is 1. The van der Waals surface area contributed by atoms with Crippen LogP contribution in [0.15, 0.2) is 47.4 Å². The number of rotatable bonds is 9. The van der Waals surface area contributed by atoms with Crippen molar-refractivity contribution in [1.82, 2.24) is 4.31 Å². The van der Waals surface area contributed by atoms with Gasteiger partial charge < -0.3 is 14.8 Å². The maximum absolute atomic E-state index is 13.0. The molecular formula is C24H32N2O5S. The Labute approximate surface area is 190 Å². The minimum Gasteiger partial charge on any atom is -0.492 e. The van der Waals surface area contributed by atoms with Gasteiger partial charge in [0, 0.05) is 13.1 Å². The van der Waals surface area contributed by atoms with E-state index in [1.165, 1.54) is 22.0 Å². The molecule has 1 fully saturated rings. The number of ether oxygens (including phenoxy) is 2. The first-order valence-corrected chi connectivity index (χ1v) is 12.5. The summed E-state index contributed by atoms with van der Waals surface area (Å²) in [4.78, 5) is 12.7. The summed E-state index contributed by atoms with van der Waals surface area (Å²) in [5, 5.41) is 2.74. The van der Waals surface area contributed by atoms with E-state index >= 15 is 0 Å². The molecule has 1 aliphatic heterocycles. The second kappa shape index (κ2) is 10.8. The van der Waals surface area contributed by atoms with Crippen molar-refractivity contribution in [2.24, 2.45) is 0 Å². The Balaban J connectivity index is 1.72. The Hall–Kier alpha value is -2.58. The fraction of sp³-hybridized carbons (Fsp3) is 0.458. The molecule has 7 nitrogen and oxygen atoms in total. The van der Waals surface area contributed by atoms with Gasteiger partial charge in [0.15, 0.2) is 6.61 Å². The molecule has 1 aliphatic rings. The van der Waals surface area contributed by atoms with Crippen LogP contribution >= 0.6 is 0 Å². The molecule has 0 atom stereocenters. The number of hydrogen-bond donors (Lipinski definition) is 1. The molecule has 3 rings (SSSR count). The van der Waals surface area contributed by atoms with Crippen LogP contribution in [0.3, 0.4) is 0 Å². The molecule has 0 saturated carbocycles. The minimum atomic E-state index is -3.62. The quantitative estimate of drug-likeness (QED) is 0.600. The summed E-state index contributed by atoms with van der Waals surface area (Å²) in [5.41, 5.74) is 1.50. The average Bonchev–Trinajstić information content (AvgIpc) is 2.79. The lowest BCUT2D eigenvalue weighted by molar-refractivity contribution is -0.118. The Morgan fingerprint density at radius 1 is 1.03 bits per heavy atom. The molecule has 1 N–H and O–H groups in total. The van der Waals surface area contributed by atoms with E-state index in [-0.39, 0.29) is 11.5 Å². The third-order valence-electron chi connectivity index (χ3n) is 5.39. The Bertz CT molecular complexity index is 1010. The van der Waals surface area contributed by atoms with Gasteiger partial charge in [-0.25, -0.2) is 8.42 Å². The average molecular weight is 461 g/mol. The highest BCUT2D eigenvalue weighted by Crippen LogP contribution is 2.30. The first-order chi connectivity index (χ1) is 15.3. The van der Waals surface area contributed by atoms with Gasteiger partial charge in [-0.15, -0.1) is 0 Å². The molecule has 174 valence electrons. The van der Waals surface area contributed by atoms with Gasteiger partial charge in [-0.1, -0.05) is 32.4 Å². The van der Waals surface area contributed by atoms with E-state index in [0.29, 0.717) is 42.8 Å². The van der Waals surface area contributed by atoms with Crippen molar-refractivity contribution in [2.45, 2.75) is 50.8 Å². The van der Waals surface area contributed by atoms with Crippen LogP contribution in [-0.2, 0) is 14.8 Å². The highest BCUT2D eigenvalue weighted by molar-refractivity contribution is 7.89. The van der Waals surface area contributed by atoms with E-state index < -0.39 is 15.9 Å². The maximum atomic E-state index is 13.0. The molecule has 1 saturated heterocycles. The second-order valence-electron chi connectivity index (χ2n) is 8.12. The number of anilines is 1. The summed E-state index contributed by atoms with van der Waals surface area (Å²) in [7, 11) is -3.62. The van der Waals surface area contributed by atoms with Crippen LogP contribution in [-0.4, -0.2) is 44.9 Å². The molecule has 0 unspecified atom stereocenters. The van der Waals surface area contributed by atoms with E-state index in [1.807, 2.05) is 31.2 Å². The predicted molar refractivity (Wildman–Crippen MR) is 125 cm³/mol. The third kappa shape index (κ3) is 6.01. The smallest absolute Gasteiger partial charge is 0.262 e. The lowest BCUT2D eigenvalue weighted by Crippen LogP contribution is -2.35. The van der Waals surface area contributed by atoms with Gasteiger partial charge in [0.05, 0.1) is 17.2 Å². The van der Waals surface area contributed by atoms with E-state index in [9.17, 15) is 13.2 Å². The van der Waals surface area contributed by atoms with Crippen molar-refractivity contribution in [3.8, 4) is 11.5 Å². The fourth-order valence-electron chi connectivity index (χ4n) is 3.59. The summed E-state index contributed by atoms with van der Waals surface area (Å²) in [6, 6.07) is 12.2. The first kappa shape index (κ1) is 24.1. The topological polar surface area (TPSA) is 84.9 Å². The maximum Gasteiger partial charge on any atom is 0.262 e. The minimum absolute atomic E-state index is 0.142.